The number of azide groups is 1. The summed E-state index contributed by atoms with van der Waals surface area (Å²) in [6.45, 7) is -0.168. The number of carbonyl (C=O) groups excluding carboxylic acids is 1. The van der Waals surface area contributed by atoms with Gasteiger partial charge in [0.2, 0.25) is 0 Å². The summed E-state index contributed by atoms with van der Waals surface area (Å²) < 4.78 is 0.605. The first-order valence-electron chi connectivity index (χ1n) is 3.39. The van der Waals surface area contributed by atoms with E-state index in [2.05, 4.69) is 30.9 Å². The zero-order chi connectivity index (χ0) is 9.68. The number of hydrogen-bond donors (Lipinski definition) is 0. The lowest BCUT2D eigenvalue weighted by Gasteiger charge is -1.98. The van der Waals surface area contributed by atoms with Crippen LogP contribution in [0.5, 0.6) is 0 Å². The Labute approximate surface area is 82.5 Å². The molecule has 0 saturated heterocycles. The van der Waals surface area contributed by atoms with E-state index in [9.17, 15) is 4.79 Å². The van der Waals surface area contributed by atoms with Gasteiger partial charge in [0.15, 0.2) is 5.78 Å². The molecule has 0 aromatic carbocycles. The van der Waals surface area contributed by atoms with Gasteiger partial charge in [0, 0.05) is 27.3 Å². The molecule has 6 heteroatoms. The van der Waals surface area contributed by atoms with Crippen molar-refractivity contribution in [3.05, 3.63) is 38.9 Å². The summed E-state index contributed by atoms with van der Waals surface area (Å²) in [5.41, 5.74) is 8.49. The normalized spacial score (nSPS) is 9.00. The van der Waals surface area contributed by atoms with Crippen LogP contribution >= 0.6 is 15.9 Å². The molecule has 1 aromatic heterocycles. The quantitative estimate of drug-likeness (QED) is 0.352. The number of Topliss-reactive ketones (excluding diaryl/α,β-unsaturated/α-hetero) is 1. The highest BCUT2D eigenvalue weighted by Crippen LogP contribution is 2.14. The molecule has 0 aliphatic carbocycles. The van der Waals surface area contributed by atoms with Crippen molar-refractivity contribution < 1.29 is 4.79 Å². The molecule has 0 aliphatic heterocycles. The molecule has 0 radical (unpaired) electrons. The predicted molar refractivity (Wildman–Crippen MR) is 50.3 cm³/mol. The summed E-state index contributed by atoms with van der Waals surface area (Å²) in [5.74, 6) is -0.230. The summed E-state index contributed by atoms with van der Waals surface area (Å²) in [6, 6.07) is 1.57. The fourth-order valence-corrected chi connectivity index (χ4v) is 1.25. The Hall–Kier alpha value is -1.39. The molecule has 0 saturated carbocycles. The number of ketones is 1. The first kappa shape index (κ1) is 9.70. The second-order valence-electron chi connectivity index (χ2n) is 2.17. The molecule has 0 atom stereocenters. The summed E-state index contributed by atoms with van der Waals surface area (Å²) in [5, 5.41) is 3.18. The Morgan fingerprint density at radius 2 is 2.54 bits per heavy atom. The molecule has 1 aromatic rings. The van der Waals surface area contributed by atoms with Crippen LogP contribution in [0.2, 0.25) is 0 Å². The molecule has 13 heavy (non-hydrogen) atoms. The minimum atomic E-state index is -0.230. The molecule has 66 valence electrons. The van der Waals surface area contributed by atoms with Crippen molar-refractivity contribution in [3.8, 4) is 0 Å². The number of nitrogens with zero attached hydrogens (tertiary/aromatic N) is 4. The Balaban J connectivity index is 2.88. The number of pyridine rings is 1. The lowest BCUT2D eigenvalue weighted by Crippen LogP contribution is -2.03. The van der Waals surface area contributed by atoms with Crippen molar-refractivity contribution in [2.45, 2.75) is 0 Å². The average molecular weight is 241 g/mol. The topological polar surface area (TPSA) is 78.7 Å². The third kappa shape index (κ3) is 2.54. The van der Waals surface area contributed by atoms with Crippen LogP contribution in [0.1, 0.15) is 10.4 Å². The van der Waals surface area contributed by atoms with E-state index in [0.29, 0.717) is 10.0 Å². The van der Waals surface area contributed by atoms with Crippen LogP contribution in [0.25, 0.3) is 10.4 Å². The van der Waals surface area contributed by atoms with Gasteiger partial charge in [0.25, 0.3) is 0 Å². The van der Waals surface area contributed by atoms with Gasteiger partial charge in [-0.2, -0.15) is 0 Å². The summed E-state index contributed by atoms with van der Waals surface area (Å²) in [4.78, 5) is 17.6. The minimum Gasteiger partial charge on any atom is -0.294 e. The van der Waals surface area contributed by atoms with Crippen molar-refractivity contribution in [1.82, 2.24) is 4.98 Å². The predicted octanol–water partition coefficient (Wildman–Crippen LogP) is 2.34. The van der Waals surface area contributed by atoms with Crippen LogP contribution in [0.15, 0.2) is 28.0 Å². The third-order valence-electron chi connectivity index (χ3n) is 1.35. The molecule has 1 heterocycles. The van der Waals surface area contributed by atoms with E-state index >= 15 is 0 Å². The van der Waals surface area contributed by atoms with Gasteiger partial charge in [-0.1, -0.05) is 5.11 Å². The fraction of sp³-hybridized carbons (Fsp3) is 0.143. The smallest absolute Gasteiger partial charge is 0.169 e. The Morgan fingerprint density at radius 1 is 1.77 bits per heavy atom. The highest BCUT2D eigenvalue weighted by atomic mass is 79.9. The van der Waals surface area contributed by atoms with Crippen molar-refractivity contribution >= 4 is 21.7 Å². The Morgan fingerprint density at radius 3 is 3.15 bits per heavy atom. The van der Waals surface area contributed by atoms with Crippen molar-refractivity contribution in [2.24, 2.45) is 5.11 Å². The van der Waals surface area contributed by atoms with Crippen LogP contribution < -0.4 is 0 Å². The maximum absolute atomic E-state index is 11.3. The highest BCUT2D eigenvalue weighted by Gasteiger charge is 2.07. The van der Waals surface area contributed by atoms with E-state index in [1.165, 1.54) is 12.4 Å². The molecule has 5 nitrogen and oxygen atoms in total. The van der Waals surface area contributed by atoms with Gasteiger partial charge in [-0.25, -0.2) is 0 Å². The SMILES string of the molecule is [N-]=[N+]=NCC(=O)c1ccncc1Br. The van der Waals surface area contributed by atoms with Crippen LogP contribution in [-0.2, 0) is 0 Å². The molecular weight excluding hydrogens is 236 g/mol. The second kappa shape index (κ2) is 4.59. The lowest BCUT2D eigenvalue weighted by atomic mass is 10.2. The van der Waals surface area contributed by atoms with Crippen LogP contribution in [0.3, 0.4) is 0 Å². The van der Waals surface area contributed by atoms with Gasteiger partial charge < -0.3 is 0 Å². The number of aromatic nitrogens is 1. The van der Waals surface area contributed by atoms with E-state index < -0.39 is 0 Å². The van der Waals surface area contributed by atoms with Crippen molar-refractivity contribution in [2.75, 3.05) is 6.54 Å². The zero-order valence-electron chi connectivity index (χ0n) is 6.51. The molecular formula is C7H5BrN4O. The molecule has 0 fully saturated rings. The van der Waals surface area contributed by atoms with Gasteiger partial charge >= 0.3 is 0 Å². The van der Waals surface area contributed by atoms with Crippen LogP contribution in [0.4, 0.5) is 0 Å². The first-order chi connectivity index (χ1) is 6.25. The van der Waals surface area contributed by atoms with Gasteiger partial charge in [-0.3, -0.25) is 9.78 Å². The molecule has 0 aliphatic rings. The molecule has 0 spiro atoms. The van der Waals surface area contributed by atoms with Crippen molar-refractivity contribution in [1.29, 1.82) is 0 Å². The van der Waals surface area contributed by atoms with Gasteiger partial charge in [-0.15, -0.1) is 0 Å². The number of hydrogen-bond acceptors (Lipinski definition) is 3. The molecule has 0 bridgehead atoms. The molecule has 1 rings (SSSR count). The van der Waals surface area contributed by atoms with Gasteiger partial charge in [0.05, 0.1) is 6.54 Å². The van der Waals surface area contributed by atoms with E-state index in [4.69, 9.17) is 5.53 Å². The fourth-order valence-electron chi connectivity index (χ4n) is 0.782. The Kier molecular flexibility index (Phi) is 3.42. The molecule has 0 N–H and O–H groups in total. The second-order valence-corrected chi connectivity index (χ2v) is 3.02. The van der Waals surface area contributed by atoms with Gasteiger partial charge in [-0.05, 0) is 27.5 Å². The number of carbonyl (C=O) groups is 1. The average Bonchev–Trinajstić information content (AvgIpc) is 2.15. The Bertz CT molecular complexity index is 373. The zero-order valence-corrected chi connectivity index (χ0v) is 8.10. The summed E-state index contributed by atoms with van der Waals surface area (Å²) >= 11 is 3.17. The number of rotatable bonds is 3. The third-order valence-corrected chi connectivity index (χ3v) is 1.98. The van der Waals surface area contributed by atoms with Crippen molar-refractivity contribution in [3.63, 3.8) is 0 Å². The molecule has 0 unspecified atom stereocenters. The van der Waals surface area contributed by atoms with Gasteiger partial charge in [0.1, 0.15) is 0 Å². The summed E-state index contributed by atoms with van der Waals surface area (Å²) in [7, 11) is 0. The standard InChI is InChI=1S/C7H5BrN4O/c8-6-3-10-2-1-5(6)7(13)4-11-12-9/h1-3H,4H2. The van der Waals surface area contributed by atoms with E-state index in [-0.39, 0.29) is 12.3 Å². The maximum atomic E-state index is 11.3. The molecule has 0 amide bonds. The number of halogens is 1. The minimum absolute atomic E-state index is 0.168. The first-order valence-corrected chi connectivity index (χ1v) is 4.18. The van der Waals surface area contributed by atoms with Crippen LogP contribution in [0, 0.1) is 0 Å². The largest absolute Gasteiger partial charge is 0.294 e. The summed E-state index contributed by atoms with van der Waals surface area (Å²) in [6.07, 6.45) is 3.03. The van der Waals surface area contributed by atoms with Crippen LogP contribution in [-0.4, -0.2) is 17.3 Å². The van der Waals surface area contributed by atoms with E-state index in [0.717, 1.165) is 0 Å². The van der Waals surface area contributed by atoms with E-state index in [1.807, 2.05) is 0 Å². The van der Waals surface area contributed by atoms with E-state index in [1.54, 1.807) is 6.07 Å². The maximum Gasteiger partial charge on any atom is 0.169 e. The monoisotopic (exact) mass is 240 g/mol. The highest BCUT2D eigenvalue weighted by molar-refractivity contribution is 9.10. The lowest BCUT2D eigenvalue weighted by molar-refractivity contribution is 0.100.